The number of rotatable bonds is 7. The molecule has 0 unspecified atom stereocenters. The Hall–Kier alpha value is -2.18. The highest BCUT2D eigenvalue weighted by Crippen LogP contribution is 2.22. The first kappa shape index (κ1) is 19.6. The minimum Gasteiger partial charge on any atom is -0.441 e. The van der Waals surface area contributed by atoms with Crippen molar-refractivity contribution in [2.75, 3.05) is 45.8 Å². The molecule has 1 amide bonds. The number of hydrogen-bond acceptors (Lipinski definition) is 5. The molecule has 3 rings (SSSR count). The lowest BCUT2D eigenvalue weighted by atomic mass is 10.2. The van der Waals surface area contributed by atoms with Crippen LogP contribution >= 0.6 is 0 Å². The fourth-order valence-electron chi connectivity index (χ4n) is 3.46. The number of aryl methyl sites for hydroxylation is 1. The minimum absolute atomic E-state index is 0.230. The third-order valence-corrected chi connectivity index (χ3v) is 5.23. The molecule has 1 aromatic heterocycles. The predicted octanol–water partition coefficient (Wildman–Crippen LogP) is 2.64. The van der Waals surface area contributed by atoms with Crippen molar-refractivity contribution < 1.29 is 9.21 Å². The Kier molecular flexibility index (Phi) is 6.63. The molecule has 1 saturated heterocycles. The summed E-state index contributed by atoms with van der Waals surface area (Å²) in [5.74, 6) is 1.80. The third kappa shape index (κ3) is 4.96. The van der Waals surface area contributed by atoms with Crippen molar-refractivity contribution >= 4 is 5.91 Å². The van der Waals surface area contributed by atoms with Crippen LogP contribution in [0.3, 0.4) is 0 Å². The molecule has 2 aromatic rings. The number of nitrogens with zero attached hydrogens (tertiary/aromatic N) is 4. The van der Waals surface area contributed by atoms with Crippen molar-refractivity contribution in [1.82, 2.24) is 19.7 Å². The predicted molar refractivity (Wildman–Crippen MR) is 106 cm³/mol. The quantitative estimate of drug-likeness (QED) is 0.750. The zero-order chi connectivity index (χ0) is 19.2. The molecule has 146 valence electrons. The first-order valence-electron chi connectivity index (χ1n) is 9.85. The van der Waals surface area contributed by atoms with Gasteiger partial charge in [-0.3, -0.25) is 14.6 Å². The number of aromatic nitrogens is 1. The van der Waals surface area contributed by atoms with Crippen LogP contribution in [0.2, 0.25) is 0 Å². The summed E-state index contributed by atoms with van der Waals surface area (Å²) in [7, 11) is 0. The second kappa shape index (κ2) is 9.15. The van der Waals surface area contributed by atoms with Gasteiger partial charge < -0.3 is 9.32 Å². The number of amides is 1. The van der Waals surface area contributed by atoms with E-state index in [1.807, 2.05) is 56.0 Å². The van der Waals surface area contributed by atoms with Crippen LogP contribution in [0.4, 0.5) is 0 Å². The molecular weight excluding hydrogens is 340 g/mol. The van der Waals surface area contributed by atoms with Crippen molar-refractivity contribution in [3.05, 3.63) is 41.8 Å². The van der Waals surface area contributed by atoms with Crippen LogP contribution in [0.25, 0.3) is 11.5 Å². The molecule has 0 aliphatic carbocycles. The maximum Gasteiger partial charge on any atom is 0.236 e. The van der Waals surface area contributed by atoms with E-state index in [4.69, 9.17) is 9.40 Å². The van der Waals surface area contributed by atoms with Crippen LogP contribution in [0.15, 0.2) is 34.7 Å². The normalized spacial score (nSPS) is 15.8. The summed E-state index contributed by atoms with van der Waals surface area (Å²) in [5.41, 5.74) is 2.01. The Morgan fingerprint density at radius 1 is 1.07 bits per heavy atom. The summed E-state index contributed by atoms with van der Waals surface area (Å²) in [4.78, 5) is 23.5. The van der Waals surface area contributed by atoms with Gasteiger partial charge in [0.2, 0.25) is 11.8 Å². The molecule has 27 heavy (non-hydrogen) atoms. The molecule has 0 saturated carbocycles. The monoisotopic (exact) mass is 370 g/mol. The zero-order valence-corrected chi connectivity index (χ0v) is 16.6. The van der Waals surface area contributed by atoms with Gasteiger partial charge in [-0.25, -0.2) is 4.98 Å². The van der Waals surface area contributed by atoms with E-state index < -0.39 is 0 Å². The summed E-state index contributed by atoms with van der Waals surface area (Å²) in [6.07, 6.45) is 0. The van der Waals surface area contributed by atoms with Crippen LogP contribution in [-0.2, 0) is 11.3 Å². The summed E-state index contributed by atoms with van der Waals surface area (Å²) < 4.78 is 5.87. The lowest BCUT2D eigenvalue weighted by Gasteiger charge is -2.34. The molecule has 1 aromatic carbocycles. The van der Waals surface area contributed by atoms with E-state index in [9.17, 15) is 4.79 Å². The highest BCUT2D eigenvalue weighted by molar-refractivity contribution is 5.78. The zero-order valence-electron chi connectivity index (χ0n) is 16.6. The molecule has 6 heteroatoms. The van der Waals surface area contributed by atoms with Crippen molar-refractivity contribution in [3.63, 3.8) is 0 Å². The van der Waals surface area contributed by atoms with Gasteiger partial charge in [-0.15, -0.1) is 0 Å². The van der Waals surface area contributed by atoms with Gasteiger partial charge in [0, 0.05) is 51.4 Å². The lowest BCUT2D eigenvalue weighted by Crippen LogP contribution is -2.49. The lowest BCUT2D eigenvalue weighted by molar-refractivity contribution is -0.132. The summed E-state index contributed by atoms with van der Waals surface area (Å²) >= 11 is 0. The summed E-state index contributed by atoms with van der Waals surface area (Å²) in [6.45, 7) is 12.6. The van der Waals surface area contributed by atoms with E-state index in [-0.39, 0.29) is 5.91 Å². The van der Waals surface area contributed by atoms with E-state index >= 15 is 0 Å². The second-order valence-corrected chi connectivity index (χ2v) is 7.01. The van der Waals surface area contributed by atoms with Gasteiger partial charge >= 0.3 is 0 Å². The molecule has 1 aliphatic rings. The van der Waals surface area contributed by atoms with Gasteiger partial charge in [0.1, 0.15) is 5.76 Å². The Balaban J connectivity index is 1.52. The second-order valence-electron chi connectivity index (χ2n) is 7.01. The highest BCUT2D eigenvalue weighted by Gasteiger charge is 2.22. The number of benzene rings is 1. The third-order valence-electron chi connectivity index (χ3n) is 5.23. The Bertz CT molecular complexity index is 732. The molecule has 2 heterocycles. The Labute approximate surface area is 161 Å². The van der Waals surface area contributed by atoms with E-state index in [0.29, 0.717) is 12.4 Å². The van der Waals surface area contributed by atoms with Crippen LogP contribution < -0.4 is 0 Å². The topological polar surface area (TPSA) is 52.8 Å². The first-order chi connectivity index (χ1) is 13.1. The standard InChI is InChI=1S/C21H30N4O2/c1-4-25(5-2)20(26)16-24-13-11-23(12-14-24)15-19-17(3)27-21(22-19)18-9-7-6-8-10-18/h6-10H,4-5,11-16H2,1-3H3. The number of hydrogen-bond donors (Lipinski definition) is 0. The number of likely N-dealkylation sites (N-methyl/N-ethyl adjacent to an activating group) is 1. The van der Waals surface area contributed by atoms with Gasteiger partial charge in [0.05, 0.1) is 12.2 Å². The maximum atomic E-state index is 12.3. The average molecular weight is 370 g/mol. The summed E-state index contributed by atoms with van der Waals surface area (Å²) in [5, 5.41) is 0. The van der Waals surface area contributed by atoms with E-state index in [1.54, 1.807) is 0 Å². The van der Waals surface area contributed by atoms with Crippen LogP contribution in [0.1, 0.15) is 25.3 Å². The molecule has 0 radical (unpaired) electrons. The van der Waals surface area contributed by atoms with Gasteiger partial charge in [-0.05, 0) is 32.9 Å². The van der Waals surface area contributed by atoms with Gasteiger partial charge in [0.15, 0.2) is 0 Å². The van der Waals surface area contributed by atoms with Crippen molar-refractivity contribution in [3.8, 4) is 11.5 Å². The molecule has 0 N–H and O–H groups in total. The first-order valence-corrected chi connectivity index (χ1v) is 9.85. The van der Waals surface area contributed by atoms with Gasteiger partial charge in [0.25, 0.3) is 0 Å². The van der Waals surface area contributed by atoms with Crippen molar-refractivity contribution in [1.29, 1.82) is 0 Å². The fourth-order valence-corrected chi connectivity index (χ4v) is 3.46. The van der Waals surface area contributed by atoms with E-state index in [2.05, 4.69) is 9.80 Å². The number of oxazole rings is 1. The number of carbonyl (C=O) groups excluding carboxylic acids is 1. The highest BCUT2D eigenvalue weighted by atomic mass is 16.4. The summed E-state index contributed by atoms with van der Waals surface area (Å²) in [6, 6.07) is 10.0. The molecular formula is C21H30N4O2. The number of carbonyl (C=O) groups is 1. The molecule has 1 fully saturated rings. The van der Waals surface area contributed by atoms with E-state index in [0.717, 1.165) is 62.8 Å². The van der Waals surface area contributed by atoms with Crippen LogP contribution in [-0.4, -0.2) is 71.4 Å². The SMILES string of the molecule is CCN(CC)C(=O)CN1CCN(Cc2nc(-c3ccccc3)oc2C)CC1. The molecule has 6 nitrogen and oxygen atoms in total. The maximum absolute atomic E-state index is 12.3. The van der Waals surface area contributed by atoms with Crippen molar-refractivity contribution in [2.24, 2.45) is 0 Å². The Morgan fingerprint density at radius 2 is 1.70 bits per heavy atom. The smallest absolute Gasteiger partial charge is 0.236 e. The largest absolute Gasteiger partial charge is 0.441 e. The molecule has 0 bridgehead atoms. The van der Waals surface area contributed by atoms with Crippen molar-refractivity contribution in [2.45, 2.75) is 27.3 Å². The van der Waals surface area contributed by atoms with Gasteiger partial charge in [-0.2, -0.15) is 0 Å². The minimum atomic E-state index is 0.230. The van der Waals surface area contributed by atoms with Gasteiger partial charge in [-0.1, -0.05) is 18.2 Å². The fraction of sp³-hybridized carbons (Fsp3) is 0.524. The molecule has 0 atom stereocenters. The average Bonchev–Trinajstić information content (AvgIpc) is 3.05. The van der Waals surface area contributed by atoms with E-state index in [1.165, 1.54) is 0 Å². The number of piperazine rings is 1. The molecule has 1 aliphatic heterocycles. The van der Waals surface area contributed by atoms with Crippen LogP contribution in [0.5, 0.6) is 0 Å². The van der Waals surface area contributed by atoms with Crippen LogP contribution in [0, 0.1) is 6.92 Å². The Morgan fingerprint density at radius 3 is 2.33 bits per heavy atom. The molecule has 0 spiro atoms.